The van der Waals surface area contributed by atoms with Crippen molar-refractivity contribution in [1.29, 1.82) is 0 Å². The molecular weight excluding hydrogens is 568 g/mol. The van der Waals surface area contributed by atoms with Crippen LogP contribution in [0.1, 0.15) is 28.5 Å². The predicted octanol–water partition coefficient (Wildman–Crippen LogP) is 4.27. The van der Waals surface area contributed by atoms with Crippen molar-refractivity contribution in [2.45, 2.75) is 36.7 Å². The first kappa shape index (κ1) is 28.8. The number of aromatic nitrogens is 4. The minimum atomic E-state index is -1.32. The second-order valence-corrected chi connectivity index (χ2v) is 11.1. The van der Waals surface area contributed by atoms with Crippen molar-refractivity contribution >= 4 is 11.2 Å². The van der Waals surface area contributed by atoms with Gasteiger partial charge in [0.05, 0.1) is 19.5 Å². The summed E-state index contributed by atoms with van der Waals surface area (Å²) in [4.78, 5) is 22.1. The van der Waals surface area contributed by atoms with Crippen LogP contribution < -0.4 is 5.56 Å². The summed E-state index contributed by atoms with van der Waals surface area (Å²) < 4.78 is 16.1. The molecule has 2 N–H and O–H groups in total. The Morgan fingerprint density at radius 1 is 0.711 bits per heavy atom. The highest BCUT2D eigenvalue weighted by Gasteiger charge is 2.46. The van der Waals surface area contributed by atoms with Crippen LogP contribution >= 0.6 is 0 Å². The second kappa shape index (κ2) is 12.2. The summed E-state index contributed by atoms with van der Waals surface area (Å²) >= 11 is 0. The first-order chi connectivity index (χ1) is 22.1. The van der Waals surface area contributed by atoms with Gasteiger partial charge >= 0.3 is 0 Å². The Morgan fingerprint density at radius 2 is 1.24 bits per heavy atom. The first-order valence-electron chi connectivity index (χ1n) is 14.8. The zero-order chi connectivity index (χ0) is 30.8. The van der Waals surface area contributed by atoms with Crippen molar-refractivity contribution in [3.05, 3.63) is 167 Å². The molecule has 4 atom stereocenters. The van der Waals surface area contributed by atoms with Gasteiger partial charge in [-0.1, -0.05) is 121 Å². The Hall–Kier alpha value is -4.93. The molecule has 7 rings (SSSR count). The highest BCUT2D eigenvalue weighted by molar-refractivity contribution is 5.69. The molecule has 45 heavy (non-hydrogen) atoms. The van der Waals surface area contributed by atoms with Crippen LogP contribution in [0.4, 0.5) is 0 Å². The number of ether oxygens (including phenoxy) is 2. The zero-order valence-electron chi connectivity index (χ0n) is 24.3. The van der Waals surface area contributed by atoms with Gasteiger partial charge in [-0.25, -0.2) is 9.97 Å². The fourth-order valence-corrected chi connectivity index (χ4v) is 6.10. The normalized spacial score (nSPS) is 20.0. The number of aliphatic hydroxyl groups is 2. The number of imidazole rings is 1. The summed E-state index contributed by atoms with van der Waals surface area (Å²) in [6.45, 7) is 0.305. The molecular formula is C36H32N4O5. The van der Waals surface area contributed by atoms with Crippen LogP contribution in [0, 0.1) is 0 Å². The van der Waals surface area contributed by atoms with E-state index < -0.39 is 30.1 Å². The van der Waals surface area contributed by atoms with Crippen LogP contribution in [0.25, 0.3) is 11.2 Å². The monoisotopic (exact) mass is 600 g/mol. The maximum atomic E-state index is 13.3. The summed E-state index contributed by atoms with van der Waals surface area (Å²) in [6, 6.07) is 39.3. The number of rotatable bonds is 9. The molecule has 4 aromatic carbocycles. The van der Waals surface area contributed by atoms with E-state index in [4.69, 9.17) is 9.47 Å². The largest absolute Gasteiger partial charge is 0.387 e. The molecule has 0 bridgehead atoms. The molecule has 1 aliphatic heterocycles. The lowest BCUT2D eigenvalue weighted by Gasteiger charge is -2.37. The summed E-state index contributed by atoms with van der Waals surface area (Å²) in [7, 11) is 0. The van der Waals surface area contributed by atoms with Crippen molar-refractivity contribution in [2.24, 2.45) is 0 Å². The van der Waals surface area contributed by atoms with Gasteiger partial charge in [0, 0.05) is 0 Å². The van der Waals surface area contributed by atoms with E-state index in [2.05, 4.69) is 9.97 Å². The average Bonchev–Trinajstić information content (AvgIpc) is 3.65. The van der Waals surface area contributed by atoms with Gasteiger partial charge in [0.1, 0.15) is 30.2 Å². The lowest BCUT2D eigenvalue weighted by atomic mass is 9.80. The van der Waals surface area contributed by atoms with Crippen molar-refractivity contribution in [3.63, 3.8) is 0 Å². The molecule has 0 saturated carbocycles. The van der Waals surface area contributed by atoms with Gasteiger partial charge < -0.3 is 19.7 Å². The molecule has 0 radical (unpaired) electrons. The number of nitrogens with zero attached hydrogens (tertiary/aromatic N) is 4. The molecule has 0 amide bonds. The Balaban J connectivity index is 1.19. The Morgan fingerprint density at radius 3 is 1.80 bits per heavy atom. The molecule has 2 aromatic heterocycles. The van der Waals surface area contributed by atoms with E-state index in [1.165, 1.54) is 21.8 Å². The number of benzene rings is 4. The van der Waals surface area contributed by atoms with Crippen molar-refractivity contribution < 1.29 is 19.7 Å². The third kappa shape index (κ3) is 5.26. The standard InChI is InChI=1S/C36H32N4O5/c41-31-29(22-44-36(26-15-7-2-8-16-26,27-17-9-3-10-18-27)28-19-11-4-12-20-28)45-35(32(31)42)40-24-37-30-33(40)38-23-39(34(30)43)21-25-13-5-1-6-14-25/h1-20,23-24,29,31-32,35,41-42H,21-22H2/t29-,31-,32-,35-/m1/s1. The number of hydrogen-bond acceptors (Lipinski definition) is 7. The van der Waals surface area contributed by atoms with E-state index in [9.17, 15) is 15.0 Å². The molecule has 1 aliphatic rings. The van der Waals surface area contributed by atoms with Crippen molar-refractivity contribution in [2.75, 3.05) is 6.61 Å². The maximum absolute atomic E-state index is 13.3. The molecule has 0 aliphatic carbocycles. The van der Waals surface area contributed by atoms with E-state index in [1.807, 2.05) is 121 Å². The summed E-state index contributed by atoms with van der Waals surface area (Å²) in [6.07, 6.45) is -1.64. The van der Waals surface area contributed by atoms with Crippen molar-refractivity contribution in [1.82, 2.24) is 19.1 Å². The van der Waals surface area contributed by atoms with Gasteiger partial charge in [-0.3, -0.25) is 13.9 Å². The topological polar surface area (TPSA) is 112 Å². The highest BCUT2D eigenvalue weighted by Crippen LogP contribution is 2.41. The van der Waals surface area contributed by atoms with Gasteiger partial charge in [-0.15, -0.1) is 0 Å². The summed E-state index contributed by atoms with van der Waals surface area (Å²) in [5.74, 6) is 0. The summed E-state index contributed by atoms with van der Waals surface area (Å²) in [5.41, 5.74) is 2.75. The smallest absolute Gasteiger partial charge is 0.281 e. The predicted molar refractivity (Wildman–Crippen MR) is 168 cm³/mol. The number of aliphatic hydroxyl groups excluding tert-OH is 2. The molecule has 226 valence electrons. The number of hydrogen-bond donors (Lipinski definition) is 2. The average molecular weight is 601 g/mol. The van der Waals surface area contributed by atoms with Gasteiger partial charge in [0.2, 0.25) is 0 Å². The van der Waals surface area contributed by atoms with Gasteiger partial charge in [0.15, 0.2) is 17.4 Å². The zero-order valence-corrected chi connectivity index (χ0v) is 24.3. The minimum Gasteiger partial charge on any atom is -0.387 e. The van der Waals surface area contributed by atoms with Crippen LogP contribution in [-0.2, 0) is 21.6 Å². The Kier molecular flexibility index (Phi) is 7.83. The van der Waals surface area contributed by atoms with E-state index >= 15 is 0 Å². The minimum absolute atomic E-state index is 0.0443. The van der Waals surface area contributed by atoms with E-state index in [0.717, 1.165) is 22.3 Å². The molecule has 6 aromatic rings. The van der Waals surface area contributed by atoms with Crippen LogP contribution in [-0.4, -0.2) is 54.2 Å². The molecule has 9 heteroatoms. The second-order valence-electron chi connectivity index (χ2n) is 11.1. The lowest BCUT2D eigenvalue weighted by molar-refractivity contribution is -0.0942. The maximum Gasteiger partial charge on any atom is 0.281 e. The van der Waals surface area contributed by atoms with Gasteiger partial charge in [0.25, 0.3) is 5.56 Å². The molecule has 0 unspecified atom stereocenters. The number of fused-ring (bicyclic) bond motifs is 1. The third-order valence-corrected chi connectivity index (χ3v) is 8.36. The Bertz CT molecular complexity index is 1830. The van der Waals surface area contributed by atoms with Crippen LogP contribution in [0.15, 0.2) is 139 Å². The molecule has 1 saturated heterocycles. The van der Waals surface area contributed by atoms with E-state index in [0.29, 0.717) is 6.54 Å². The highest BCUT2D eigenvalue weighted by atomic mass is 16.6. The van der Waals surface area contributed by atoms with Crippen LogP contribution in [0.5, 0.6) is 0 Å². The fourth-order valence-electron chi connectivity index (χ4n) is 6.10. The Labute approximate surface area is 259 Å². The third-order valence-electron chi connectivity index (χ3n) is 8.36. The van der Waals surface area contributed by atoms with Gasteiger partial charge in [-0.2, -0.15) is 0 Å². The van der Waals surface area contributed by atoms with Gasteiger partial charge in [-0.05, 0) is 22.3 Å². The van der Waals surface area contributed by atoms with Crippen molar-refractivity contribution in [3.8, 4) is 0 Å². The first-order valence-corrected chi connectivity index (χ1v) is 14.8. The van der Waals surface area contributed by atoms with E-state index in [1.54, 1.807) is 0 Å². The molecule has 3 heterocycles. The van der Waals surface area contributed by atoms with Crippen LogP contribution in [0.3, 0.4) is 0 Å². The molecule has 1 fully saturated rings. The SMILES string of the molecule is O=c1c2ncn([C@@H]3O[C@H](COC(c4ccccc4)(c4ccccc4)c4ccccc4)[C@@H](O)[C@H]3O)c2ncn1Cc1ccccc1. The fraction of sp³-hybridized carbons (Fsp3) is 0.194. The molecule has 9 nitrogen and oxygen atoms in total. The van der Waals surface area contributed by atoms with Crippen LogP contribution in [0.2, 0.25) is 0 Å². The summed E-state index contributed by atoms with van der Waals surface area (Å²) in [5, 5.41) is 22.4. The molecule has 0 spiro atoms. The quantitative estimate of drug-likeness (QED) is 0.239. The van der Waals surface area contributed by atoms with E-state index in [-0.39, 0.29) is 23.3 Å². The lowest BCUT2D eigenvalue weighted by Crippen LogP contribution is -2.39.